The van der Waals surface area contributed by atoms with Gasteiger partial charge in [-0.25, -0.2) is 0 Å². The van der Waals surface area contributed by atoms with E-state index in [-0.39, 0.29) is 0 Å². The molecule has 0 bridgehead atoms. The third-order valence-corrected chi connectivity index (χ3v) is 2.22. The predicted octanol–water partition coefficient (Wildman–Crippen LogP) is 0.965. The van der Waals surface area contributed by atoms with Crippen molar-refractivity contribution in [3.8, 4) is 5.75 Å². The molecular weight excluding hydrogens is 206 g/mol. The summed E-state index contributed by atoms with van der Waals surface area (Å²) in [4.78, 5) is 0. The molecule has 0 saturated carbocycles. The van der Waals surface area contributed by atoms with Crippen LogP contribution in [0.4, 0.5) is 0 Å². The molecule has 0 amide bonds. The van der Waals surface area contributed by atoms with E-state index in [1.165, 1.54) is 0 Å². The first-order chi connectivity index (χ1) is 7.79. The van der Waals surface area contributed by atoms with E-state index in [4.69, 9.17) is 9.47 Å². The number of rotatable bonds is 7. The highest BCUT2D eigenvalue weighted by Gasteiger charge is 2.11. The lowest BCUT2D eigenvalue weighted by molar-refractivity contribution is 0.138. The van der Waals surface area contributed by atoms with Gasteiger partial charge in [-0.05, 0) is 13.1 Å². The number of aliphatic hydroxyl groups excluding tert-OH is 1. The van der Waals surface area contributed by atoms with E-state index in [0.29, 0.717) is 25.5 Å². The zero-order chi connectivity index (χ0) is 11.8. The fourth-order valence-corrected chi connectivity index (χ4v) is 1.43. The van der Waals surface area contributed by atoms with Crippen molar-refractivity contribution in [2.75, 3.05) is 33.9 Å². The number of hydrogen-bond donors (Lipinski definition) is 2. The molecule has 0 fully saturated rings. The average molecular weight is 225 g/mol. The van der Waals surface area contributed by atoms with Crippen molar-refractivity contribution in [2.45, 2.75) is 6.10 Å². The minimum atomic E-state index is -0.552. The number of hydrogen-bond acceptors (Lipinski definition) is 4. The van der Waals surface area contributed by atoms with Gasteiger partial charge in [-0.2, -0.15) is 0 Å². The Bertz CT molecular complexity index is 304. The van der Waals surface area contributed by atoms with Crippen LogP contribution in [0.25, 0.3) is 0 Å². The number of para-hydroxylation sites is 1. The van der Waals surface area contributed by atoms with Crippen molar-refractivity contribution in [3.63, 3.8) is 0 Å². The van der Waals surface area contributed by atoms with E-state index in [9.17, 15) is 5.11 Å². The van der Waals surface area contributed by atoms with Gasteiger partial charge in [0.2, 0.25) is 0 Å². The van der Waals surface area contributed by atoms with Gasteiger partial charge in [-0.15, -0.1) is 0 Å². The summed E-state index contributed by atoms with van der Waals surface area (Å²) in [6, 6.07) is 7.49. The van der Waals surface area contributed by atoms with Gasteiger partial charge >= 0.3 is 0 Å². The summed E-state index contributed by atoms with van der Waals surface area (Å²) in [5, 5.41) is 12.8. The van der Waals surface area contributed by atoms with Crippen LogP contribution in [-0.2, 0) is 4.74 Å². The predicted molar refractivity (Wildman–Crippen MR) is 62.7 cm³/mol. The fraction of sp³-hybridized carbons (Fsp3) is 0.500. The van der Waals surface area contributed by atoms with Crippen molar-refractivity contribution in [1.82, 2.24) is 5.32 Å². The Morgan fingerprint density at radius 2 is 2.06 bits per heavy atom. The smallest absolute Gasteiger partial charge is 0.125 e. The SMILES string of the molecule is CNCC(O)c1ccccc1OCCOC. The van der Waals surface area contributed by atoms with Crippen LogP contribution in [0.1, 0.15) is 11.7 Å². The normalized spacial score (nSPS) is 12.4. The largest absolute Gasteiger partial charge is 0.491 e. The number of aliphatic hydroxyl groups is 1. The van der Waals surface area contributed by atoms with Crippen LogP contribution >= 0.6 is 0 Å². The second-order valence-electron chi connectivity index (χ2n) is 3.45. The summed E-state index contributed by atoms with van der Waals surface area (Å²) in [5.74, 6) is 0.710. The minimum absolute atomic E-state index is 0.486. The maximum atomic E-state index is 9.88. The molecule has 1 atom stereocenters. The lowest BCUT2D eigenvalue weighted by atomic mass is 10.1. The molecule has 0 aliphatic heterocycles. The Kier molecular flexibility index (Phi) is 5.85. The zero-order valence-electron chi connectivity index (χ0n) is 9.77. The molecule has 90 valence electrons. The molecular formula is C12H19NO3. The number of nitrogens with one attached hydrogen (secondary N) is 1. The second-order valence-corrected chi connectivity index (χ2v) is 3.45. The summed E-state index contributed by atoms with van der Waals surface area (Å²) < 4.78 is 10.4. The van der Waals surface area contributed by atoms with Gasteiger partial charge in [0.15, 0.2) is 0 Å². The summed E-state index contributed by atoms with van der Waals surface area (Å²) in [7, 11) is 3.43. The average Bonchev–Trinajstić information content (AvgIpc) is 2.30. The highest BCUT2D eigenvalue weighted by molar-refractivity contribution is 5.35. The van der Waals surface area contributed by atoms with Gasteiger partial charge < -0.3 is 19.9 Å². The van der Waals surface area contributed by atoms with Crippen LogP contribution in [-0.4, -0.2) is 39.0 Å². The van der Waals surface area contributed by atoms with Crippen LogP contribution in [0.2, 0.25) is 0 Å². The van der Waals surface area contributed by atoms with E-state index in [1.54, 1.807) is 14.2 Å². The van der Waals surface area contributed by atoms with E-state index in [0.717, 1.165) is 5.56 Å². The molecule has 0 aromatic heterocycles. The molecule has 16 heavy (non-hydrogen) atoms. The van der Waals surface area contributed by atoms with E-state index < -0.39 is 6.10 Å². The summed E-state index contributed by atoms with van der Waals surface area (Å²) in [5.41, 5.74) is 0.799. The van der Waals surface area contributed by atoms with Gasteiger partial charge in [0.05, 0.1) is 12.7 Å². The van der Waals surface area contributed by atoms with Crippen molar-refractivity contribution in [3.05, 3.63) is 29.8 Å². The summed E-state index contributed by atoms with van der Waals surface area (Å²) >= 11 is 0. The van der Waals surface area contributed by atoms with E-state index >= 15 is 0 Å². The molecule has 1 aromatic rings. The molecule has 0 aliphatic rings. The highest BCUT2D eigenvalue weighted by Crippen LogP contribution is 2.24. The molecule has 4 nitrogen and oxygen atoms in total. The molecule has 0 spiro atoms. The van der Waals surface area contributed by atoms with Crippen LogP contribution < -0.4 is 10.1 Å². The third-order valence-electron chi connectivity index (χ3n) is 2.22. The number of benzene rings is 1. The summed E-state index contributed by atoms with van der Waals surface area (Å²) in [6.07, 6.45) is -0.552. The van der Waals surface area contributed by atoms with Crippen molar-refractivity contribution in [2.24, 2.45) is 0 Å². The lowest BCUT2D eigenvalue weighted by Gasteiger charge is -2.15. The maximum absolute atomic E-state index is 9.88. The van der Waals surface area contributed by atoms with Gasteiger partial charge in [0, 0.05) is 19.2 Å². The van der Waals surface area contributed by atoms with E-state index in [1.807, 2.05) is 24.3 Å². The molecule has 1 unspecified atom stereocenters. The quantitative estimate of drug-likeness (QED) is 0.679. The Hall–Kier alpha value is -1.10. The molecule has 0 heterocycles. The molecule has 0 radical (unpaired) electrons. The molecule has 0 saturated heterocycles. The Balaban J connectivity index is 2.67. The van der Waals surface area contributed by atoms with Crippen LogP contribution in [0.15, 0.2) is 24.3 Å². The number of likely N-dealkylation sites (N-methyl/N-ethyl adjacent to an activating group) is 1. The zero-order valence-corrected chi connectivity index (χ0v) is 9.77. The van der Waals surface area contributed by atoms with Crippen molar-refractivity contribution in [1.29, 1.82) is 0 Å². The van der Waals surface area contributed by atoms with Gasteiger partial charge in [-0.1, -0.05) is 18.2 Å². The van der Waals surface area contributed by atoms with Crippen LogP contribution in [0, 0.1) is 0 Å². The second kappa shape index (κ2) is 7.22. The molecule has 2 N–H and O–H groups in total. The maximum Gasteiger partial charge on any atom is 0.125 e. The summed E-state index contributed by atoms with van der Waals surface area (Å²) in [6.45, 7) is 1.53. The number of methoxy groups -OCH3 is 1. The Morgan fingerprint density at radius 3 is 2.75 bits per heavy atom. The molecule has 1 rings (SSSR count). The fourth-order valence-electron chi connectivity index (χ4n) is 1.43. The monoisotopic (exact) mass is 225 g/mol. The van der Waals surface area contributed by atoms with Gasteiger partial charge in [-0.3, -0.25) is 0 Å². The molecule has 1 aromatic carbocycles. The lowest BCUT2D eigenvalue weighted by Crippen LogP contribution is -2.17. The van der Waals surface area contributed by atoms with Gasteiger partial charge in [0.25, 0.3) is 0 Å². The van der Waals surface area contributed by atoms with Crippen molar-refractivity contribution >= 4 is 0 Å². The Morgan fingerprint density at radius 1 is 1.31 bits per heavy atom. The first-order valence-corrected chi connectivity index (χ1v) is 5.33. The highest BCUT2D eigenvalue weighted by atomic mass is 16.5. The molecule has 0 aliphatic carbocycles. The van der Waals surface area contributed by atoms with Crippen LogP contribution in [0.5, 0.6) is 5.75 Å². The van der Waals surface area contributed by atoms with Crippen LogP contribution in [0.3, 0.4) is 0 Å². The minimum Gasteiger partial charge on any atom is -0.491 e. The van der Waals surface area contributed by atoms with Gasteiger partial charge in [0.1, 0.15) is 12.4 Å². The first-order valence-electron chi connectivity index (χ1n) is 5.33. The standard InChI is InChI=1S/C12H19NO3/c1-13-9-11(14)10-5-3-4-6-12(10)16-8-7-15-2/h3-6,11,13-14H,7-9H2,1-2H3. The van der Waals surface area contributed by atoms with E-state index in [2.05, 4.69) is 5.32 Å². The number of ether oxygens (including phenoxy) is 2. The Labute approximate surface area is 96.2 Å². The van der Waals surface area contributed by atoms with Crippen molar-refractivity contribution < 1.29 is 14.6 Å². The molecule has 4 heteroatoms. The topological polar surface area (TPSA) is 50.7 Å². The first kappa shape index (κ1) is 13.0. The third kappa shape index (κ3) is 3.81.